The van der Waals surface area contributed by atoms with Gasteiger partial charge < -0.3 is 4.42 Å². The van der Waals surface area contributed by atoms with Crippen LogP contribution in [0.4, 0.5) is 4.39 Å². The van der Waals surface area contributed by atoms with E-state index in [0.717, 1.165) is 5.56 Å². The first kappa shape index (κ1) is 16.8. The molecule has 0 atom stereocenters. The lowest BCUT2D eigenvalue weighted by Crippen LogP contribution is -2.31. The average Bonchev–Trinajstić information content (AvgIpc) is 3.38. The Morgan fingerprint density at radius 1 is 0.892 bits per heavy atom. The fourth-order valence-corrected chi connectivity index (χ4v) is 4.89. The summed E-state index contributed by atoms with van der Waals surface area (Å²) in [7, 11) is 1.45. The smallest absolute Gasteiger partial charge is 0.216 e. The Morgan fingerprint density at radius 3 is 2.41 bits per heavy atom. The predicted octanol–water partition coefficient (Wildman–Crippen LogP) is 8.04. The highest BCUT2D eigenvalue weighted by Crippen LogP contribution is 2.43. The molecule has 4 aromatic carbocycles. The summed E-state index contributed by atoms with van der Waals surface area (Å²) >= 11 is 0. The molecular formula is C33H24FN2O+. The van der Waals surface area contributed by atoms with Gasteiger partial charge in [0.15, 0.2) is 5.82 Å². The van der Waals surface area contributed by atoms with Gasteiger partial charge in [-0.1, -0.05) is 60.7 Å². The summed E-state index contributed by atoms with van der Waals surface area (Å²) < 4.78 is 72.2. The lowest BCUT2D eigenvalue weighted by atomic mass is 9.91. The Morgan fingerprint density at radius 2 is 1.65 bits per heavy atom. The third kappa shape index (κ3) is 3.68. The van der Waals surface area contributed by atoms with Gasteiger partial charge >= 0.3 is 0 Å². The molecule has 0 saturated carbocycles. The SMILES string of the molecule is [2H]c1c([2H])c(-c2c(C)ccc3c2oc2c(-c4ccc(-c5ccccc5)cc4C([2H])([2H])[2H])c(C#N)ccc23)[n+](C)c([2H])c1F. The molecule has 178 valence electrons. The molecule has 0 aliphatic heterocycles. The molecule has 0 amide bonds. The van der Waals surface area contributed by atoms with Gasteiger partial charge in [-0.3, -0.25) is 0 Å². The maximum absolute atomic E-state index is 14.5. The van der Waals surface area contributed by atoms with Gasteiger partial charge in [-0.2, -0.15) is 9.83 Å². The monoisotopic (exact) mass is 489 g/mol. The number of halogens is 1. The largest absolute Gasteiger partial charge is 0.454 e. The van der Waals surface area contributed by atoms with Gasteiger partial charge in [-0.15, -0.1) is 0 Å². The Bertz CT molecular complexity index is 2120. The van der Waals surface area contributed by atoms with Gasteiger partial charge in [0.2, 0.25) is 11.9 Å². The number of fused-ring (bicyclic) bond motifs is 3. The molecule has 0 saturated heterocycles. The molecule has 4 heteroatoms. The van der Waals surface area contributed by atoms with Gasteiger partial charge in [-0.25, -0.2) is 4.39 Å². The zero-order valence-electron chi connectivity index (χ0n) is 26.1. The van der Waals surface area contributed by atoms with Crippen LogP contribution in [0, 0.1) is 30.9 Å². The van der Waals surface area contributed by atoms with E-state index in [1.54, 1.807) is 31.2 Å². The van der Waals surface area contributed by atoms with E-state index in [1.807, 2.05) is 48.5 Å². The van der Waals surface area contributed by atoms with Gasteiger partial charge in [0.05, 0.1) is 19.9 Å². The van der Waals surface area contributed by atoms with Crippen molar-refractivity contribution in [2.75, 3.05) is 0 Å². The van der Waals surface area contributed by atoms with Gasteiger partial charge in [0.25, 0.3) is 0 Å². The molecule has 0 aliphatic rings. The van der Waals surface area contributed by atoms with E-state index in [2.05, 4.69) is 6.07 Å². The minimum absolute atomic E-state index is 0.0609. The van der Waals surface area contributed by atoms with Crippen LogP contribution in [-0.4, -0.2) is 0 Å². The molecule has 3 nitrogen and oxygen atoms in total. The van der Waals surface area contributed by atoms with E-state index < -0.39 is 30.9 Å². The van der Waals surface area contributed by atoms with Crippen LogP contribution < -0.4 is 4.57 Å². The Hall–Kier alpha value is -4.75. The Balaban J connectivity index is 1.72. The number of furan rings is 1. The fraction of sp³-hybridized carbons (Fsp3) is 0.0909. The zero-order valence-corrected chi connectivity index (χ0v) is 20.1. The number of aromatic nitrogens is 1. The number of benzene rings is 4. The van der Waals surface area contributed by atoms with Crippen molar-refractivity contribution in [3.05, 3.63) is 114 Å². The van der Waals surface area contributed by atoms with Crippen LogP contribution in [0.5, 0.6) is 0 Å². The number of pyridine rings is 1. The second-order valence-electron chi connectivity index (χ2n) is 8.92. The molecule has 0 radical (unpaired) electrons. The number of nitrogens with zero attached hydrogens (tertiary/aromatic N) is 2. The molecule has 0 bridgehead atoms. The molecule has 0 aliphatic carbocycles. The van der Waals surface area contributed by atoms with Crippen LogP contribution in [0.1, 0.15) is 24.9 Å². The van der Waals surface area contributed by atoms with E-state index in [-0.39, 0.29) is 22.4 Å². The lowest BCUT2D eigenvalue weighted by molar-refractivity contribution is -0.661. The molecule has 37 heavy (non-hydrogen) atoms. The first-order valence-corrected chi connectivity index (χ1v) is 11.7. The molecule has 2 heterocycles. The van der Waals surface area contributed by atoms with Crippen molar-refractivity contribution in [2.45, 2.75) is 13.8 Å². The van der Waals surface area contributed by atoms with Crippen molar-refractivity contribution in [3.63, 3.8) is 0 Å². The first-order chi connectivity index (χ1) is 20.4. The standard InChI is InChI=1S/C33H24FN2O/c1-20-9-13-27-28-15-11-24(18-35)31(26-14-10-23(17-21(26)2)22-7-5-4-6-8-22)33(28)37-32(27)30(20)29-16-12-25(34)19-36(29)3/h4-17,19H,1-3H3/q+1/i2D3,12D,16D,19D. The summed E-state index contributed by atoms with van der Waals surface area (Å²) in [6.45, 7) is -0.728. The third-order valence-corrected chi connectivity index (χ3v) is 6.66. The van der Waals surface area contributed by atoms with Crippen molar-refractivity contribution >= 4 is 21.9 Å². The summed E-state index contributed by atoms with van der Waals surface area (Å²) in [6, 6.07) is 22.6. The van der Waals surface area contributed by atoms with Crippen LogP contribution >= 0.6 is 0 Å². The normalized spacial score (nSPS) is 13.9. The molecule has 0 N–H and O–H groups in total. The highest BCUT2D eigenvalue weighted by Gasteiger charge is 2.24. The predicted molar refractivity (Wildman–Crippen MR) is 145 cm³/mol. The third-order valence-electron chi connectivity index (χ3n) is 6.66. The molecule has 6 aromatic rings. The second kappa shape index (κ2) is 8.72. The first-order valence-electron chi connectivity index (χ1n) is 14.7. The number of hydrogen-bond donors (Lipinski definition) is 0. The molecule has 0 spiro atoms. The lowest BCUT2D eigenvalue weighted by Gasteiger charge is -2.11. The van der Waals surface area contributed by atoms with Crippen molar-refractivity contribution in [2.24, 2.45) is 7.05 Å². The molecule has 0 unspecified atom stereocenters. The Labute approximate surface area is 223 Å². The average molecular weight is 490 g/mol. The van der Waals surface area contributed by atoms with Gasteiger partial charge in [0.1, 0.15) is 19.6 Å². The minimum atomic E-state index is -2.51. The van der Waals surface area contributed by atoms with Crippen molar-refractivity contribution in [1.29, 1.82) is 5.26 Å². The summed E-state index contributed by atoms with van der Waals surface area (Å²) in [5.41, 5.74) is 4.30. The van der Waals surface area contributed by atoms with E-state index >= 15 is 0 Å². The molecule has 2 aromatic heterocycles. The van der Waals surface area contributed by atoms with Crippen LogP contribution in [0.3, 0.4) is 0 Å². The summed E-state index contributed by atoms with van der Waals surface area (Å²) in [4.78, 5) is 0. The summed E-state index contributed by atoms with van der Waals surface area (Å²) in [5.74, 6) is -1.09. The molecule has 0 fully saturated rings. The zero-order chi connectivity index (χ0) is 30.8. The van der Waals surface area contributed by atoms with E-state index in [9.17, 15) is 9.65 Å². The van der Waals surface area contributed by atoms with Crippen LogP contribution in [0.25, 0.3) is 55.4 Å². The van der Waals surface area contributed by atoms with E-state index in [1.165, 1.54) is 11.6 Å². The maximum Gasteiger partial charge on any atom is 0.216 e. The highest BCUT2D eigenvalue weighted by molar-refractivity contribution is 6.14. The van der Waals surface area contributed by atoms with Crippen molar-refractivity contribution < 1.29 is 21.6 Å². The number of aryl methyl sites for hydroxylation is 2. The summed E-state index contributed by atoms with van der Waals surface area (Å²) in [6.07, 6.45) is -0.545. The Kier molecular flexibility index (Phi) is 3.97. The quantitative estimate of drug-likeness (QED) is 0.236. The fourth-order valence-electron chi connectivity index (χ4n) is 4.89. The van der Waals surface area contributed by atoms with Crippen LogP contribution in [0.15, 0.2) is 95.5 Å². The second-order valence-corrected chi connectivity index (χ2v) is 8.92. The highest BCUT2D eigenvalue weighted by atomic mass is 19.1. The topological polar surface area (TPSA) is 40.8 Å². The van der Waals surface area contributed by atoms with Gasteiger partial charge in [0, 0.05) is 26.5 Å². The van der Waals surface area contributed by atoms with Gasteiger partial charge in [-0.05, 0) is 59.8 Å². The van der Waals surface area contributed by atoms with Crippen LogP contribution in [0.2, 0.25) is 0 Å². The van der Waals surface area contributed by atoms with E-state index in [4.69, 9.17) is 12.6 Å². The number of hydrogen-bond acceptors (Lipinski definition) is 2. The van der Waals surface area contributed by atoms with E-state index in [0.29, 0.717) is 44.2 Å². The maximum atomic E-state index is 14.5. The number of nitriles is 1. The van der Waals surface area contributed by atoms with Crippen LogP contribution in [-0.2, 0) is 7.05 Å². The molecule has 6 rings (SSSR count). The van der Waals surface area contributed by atoms with Crippen molar-refractivity contribution in [3.8, 4) is 39.6 Å². The number of rotatable bonds is 3. The summed E-state index contributed by atoms with van der Waals surface area (Å²) in [5, 5.41) is 11.4. The van der Waals surface area contributed by atoms with Crippen molar-refractivity contribution in [1.82, 2.24) is 0 Å². The minimum Gasteiger partial charge on any atom is -0.454 e. The molecular weight excluding hydrogens is 459 g/mol.